The molecule has 0 amide bonds. The summed E-state index contributed by atoms with van der Waals surface area (Å²) < 4.78 is 4.72. The van der Waals surface area contributed by atoms with Gasteiger partial charge in [0.1, 0.15) is 6.04 Å². The van der Waals surface area contributed by atoms with Crippen LogP contribution in [-0.2, 0) is 16.0 Å². The number of aromatic nitrogens is 1. The summed E-state index contributed by atoms with van der Waals surface area (Å²) in [6, 6.07) is 6.75. The molecular weight excluding hydrogens is 244 g/mol. The Morgan fingerprint density at radius 2 is 2.21 bits per heavy atom. The van der Waals surface area contributed by atoms with Gasteiger partial charge in [-0.05, 0) is 18.6 Å². The first kappa shape index (κ1) is 12.2. The second kappa shape index (κ2) is 4.36. The number of hydrogen-bond donors (Lipinski definition) is 1. The number of para-hydroxylation sites is 1. The molecule has 2 atom stereocenters. The van der Waals surface area contributed by atoms with E-state index in [0.29, 0.717) is 6.42 Å². The van der Waals surface area contributed by atoms with Gasteiger partial charge in [-0.2, -0.15) is 0 Å². The number of benzene rings is 1. The van der Waals surface area contributed by atoms with Gasteiger partial charge in [-0.1, -0.05) is 18.2 Å². The van der Waals surface area contributed by atoms with Gasteiger partial charge in [-0.15, -0.1) is 0 Å². The van der Waals surface area contributed by atoms with Gasteiger partial charge in [0.25, 0.3) is 0 Å². The van der Waals surface area contributed by atoms with Gasteiger partial charge in [0.05, 0.1) is 7.11 Å². The summed E-state index contributed by atoms with van der Waals surface area (Å²) in [5.74, 6) is -0.474. The van der Waals surface area contributed by atoms with Crippen molar-refractivity contribution in [1.29, 1.82) is 0 Å². The number of nitrogens with one attached hydrogen (secondary N) is 1. The van der Waals surface area contributed by atoms with Crippen molar-refractivity contribution in [3.8, 4) is 0 Å². The van der Waals surface area contributed by atoms with Gasteiger partial charge in [0, 0.05) is 29.1 Å². The van der Waals surface area contributed by atoms with E-state index in [1.807, 2.05) is 24.3 Å². The molecule has 0 fully saturated rings. The molecule has 1 aliphatic rings. The first-order valence-corrected chi connectivity index (χ1v) is 6.26. The number of carbonyl (C=O) groups excluding carboxylic acids is 1. The number of hydroxylamine groups is 2. The third-order valence-corrected chi connectivity index (χ3v) is 3.82. The highest BCUT2D eigenvalue weighted by molar-refractivity contribution is 5.87. The van der Waals surface area contributed by atoms with Crippen LogP contribution in [-0.4, -0.2) is 29.2 Å². The van der Waals surface area contributed by atoms with Crippen molar-refractivity contribution in [1.82, 2.24) is 10.0 Å². The summed E-state index contributed by atoms with van der Waals surface area (Å²) in [7, 11) is 1.31. The molecule has 0 bridgehead atoms. The molecule has 0 radical (unpaired) electrons. The molecular formula is C14H15N2O3-. The number of nitrogens with zero attached hydrogens (tertiary/aromatic N) is 1. The number of esters is 1. The fraction of sp³-hybridized carbons (Fsp3) is 0.357. The number of fused-ring (bicyclic) bond motifs is 3. The van der Waals surface area contributed by atoms with Crippen molar-refractivity contribution in [2.24, 2.45) is 0 Å². The third-order valence-electron chi connectivity index (χ3n) is 3.82. The zero-order valence-corrected chi connectivity index (χ0v) is 10.8. The fourth-order valence-corrected chi connectivity index (χ4v) is 2.80. The van der Waals surface area contributed by atoms with Gasteiger partial charge in [-0.25, -0.2) is 0 Å². The van der Waals surface area contributed by atoms with Crippen molar-refractivity contribution in [2.75, 3.05) is 7.11 Å². The minimum atomic E-state index is -0.758. The highest BCUT2D eigenvalue weighted by Crippen LogP contribution is 2.36. The first-order valence-electron chi connectivity index (χ1n) is 6.26. The molecule has 0 saturated carbocycles. The number of H-pyrrole nitrogens is 1. The minimum Gasteiger partial charge on any atom is -0.784 e. The van der Waals surface area contributed by atoms with Crippen LogP contribution in [0.25, 0.3) is 10.9 Å². The summed E-state index contributed by atoms with van der Waals surface area (Å²) in [6.07, 6.45) is 0.389. The molecule has 2 unspecified atom stereocenters. The van der Waals surface area contributed by atoms with Gasteiger partial charge in [0.15, 0.2) is 0 Å². The average Bonchev–Trinajstić information content (AvgIpc) is 2.81. The number of methoxy groups -OCH3 is 1. The molecule has 2 aromatic rings. The van der Waals surface area contributed by atoms with Crippen LogP contribution >= 0.6 is 0 Å². The first-order chi connectivity index (χ1) is 9.13. The quantitative estimate of drug-likeness (QED) is 0.796. The van der Waals surface area contributed by atoms with Crippen LogP contribution in [0.4, 0.5) is 0 Å². The van der Waals surface area contributed by atoms with E-state index < -0.39 is 12.0 Å². The van der Waals surface area contributed by atoms with Crippen LogP contribution in [0.2, 0.25) is 0 Å². The predicted octanol–water partition coefficient (Wildman–Crippen LogP) is 2.13. The van der Waals surface area contributed by atoms with Crippen molar-refractivity contribution in [3.63, 3.8) is 0 Å². The normalized spacial score (nSPS) is 23.3. The second-order valence-corrected chi connectivity index (χ2v) is 4.84. The molecule has 0 aliphatic carbocycles. The Morgan fingerprint density at radius 3 is 2.95 bits per heavy atom. The Balaban J connectivity index is 2.13. The number of ether oxygens (including phenoxy) is 1. The van der Waals surface area contributed by atoms with E-state index in [1.54, 1.807) is 6.92 Å². The Morgan fingerprint density at radius 1 is 1.47 bits per heavy atom. The number of aromatic amines is 1. The zero-order chi connectivity index (χ0) is 13.6. The van der Waals surface area contributed by atoms with E-state index in [1.165, 1.54) is 7.11 Å². The standard InChI is InChI=1S/C14H15N2O3/c1-8-13-10(7-12(16(8)18)14(17)19-2)9-5-3-4-6-11(9)15-13/h3-6,8,12,15H,7H2,1-2H3/q-1. The summed E-state index contributed by atoms with van der Waals surface area (Å²) >= 11 is 0. The topological polar surface area (TPSA) is 68.4 Å². The summed E-state index contributed by atoms with van der Waals surface area (Å²) in [5.41, 5.74) is 2.94. The Bertz CT molecular complexity index is 635. The van der Waals surface area contributed by atoms with Crippen LogP contribution in [0.15, 0.2) is 24.3 Å². The second-order valence-electron chi connectivity index (χ2n) is 4.84. The van der Waals surface area contributed by atoms with Crippen LogP contribution in [0, 0.1) is 5.21 Å². The fourth-order valence-electron chi connectivity index (χ4n) is 2.80. The number of rotatable bonds is 1. The van der Waals surface area contributed by atoms with E-state index in [9.17, 15) is 10.0 Å². The van der Waals surface area contributed by atoms with Crippen molar-refractivity contribution in [3.05, 3.63) is 40.7 Å². The summed E-state index contributed by atoms with van der Waals surface area (Å²) in [6.45, 7) is 1.80. The lowest BCUT2D eigenvalue weighted by Gasteiger charge is -2.43. The van der Waals surface area contributed by atoms with Gasteiger partial charge >= 0.3 is 5.97 Å². The lowest BCUT2D eigenvalue weighted by atomic mass is 9.94. The number of hydrogen-bond acceptors (Lipinski definition) is 4. The van der Waals surface area contributed by atoms with E-state index in [2.05, 4.69) is 4.98 Å². The van der Waals surface area contributed by atoms with Gasteiger partial charge < -0.3 is 20.0 Å². The average molecular weight is 259 g/mol. The van der Waals surface area contributed by atoms with E-state index in [0.717, 1.165) is 27.2 Å². The SMILES string of the molecule is COC(=O)C1Cc2c([nH]c3ccccc23)C(C)N1[O-]. The maximum Gasteiger partial charge on any atom is 0.322 e. The molecule has 19 heavy (non-hydrogen) atoms. The van der Waals surface area contributed by atoms with E-state index >= 15 is 0 Å². The Hall–Kier alpha value is -1.85. The molecule has 5 heteroatoms. The monoisotopic (exact) mass is 259 g/mol. The molecule has 5 nitrogen and oxygen atoms in total. The zero-order valence-electron chi connectivity index (χ0n) is 10.8. The third kappa shape index (κ3) is 1.74. The largest absolute Gasteiger partial charge is 0.784 e. The molecule has 2 heterocycles. The predicted molar refractivity (Wildman–Crippen MR) is 71.4 cm³/mol. The minimum absolute atomic E-state index is 0.375. The molecule has 3 rings (SSSR count). The van der Waals surface area contributed by atoms with E-state index in [4.69, 9.17) is 4.74 Å². The highest BCUT2D eigenvalue weighted by Gasteiger charge is 2.33. The van der Waals surface area contributed by atoms with Crippen LogP contribution < -0.4 is 0 Å². The molecule has 1 aromatic heterocycles. The number of carbonyl (C=O) groups is 1. The van der Waals surface area contributed by atoms with Gasteiger partial charge in [-0.3, -0.25) is 4.79 Å². The summed E-state index contributed by atoms with van der Waals surface area (Å²) in [4.78, 5) is 15.0. The van der Waals surface area contributed by atoms with Crippen LogP contribution in [0.5, 0.6) is 0 Å². The maximum absolute atomic E-state index is 12.2. The lowest BCUT2D eigenvalue weighted by Crippen LogP contribution is -2.44. The Labute approximate surface area is 110 Å². The summed E-state index contributed by atoms with van der Waals surface area (Å²) in [5, 5.41) is 14.1. The lowest BCUT2D eigenvalue weighted by molar-refractivity contribution is -0.147. The van der Waals surface area contributed by atoms with Crippen molar-refractivity contribution in [2.45, 2.75) is 25.4 Å². The Kier molecular flexibility index (Phi) is 2.80. The van der Waals surface area contributed by atoms with Crippen molar-refractivity contribution >= 4 is 16.9 Å². The molecule has 100 valence electrons. The highest BCUT2D eigenvalue weighted by atomic mass is 16.5. The molecule has 1 N–H and O–H groups in total. The molecule has 1 aliphatic heterocycles. The van der Waals surface area contributed by atoms with E-state index in [-0.39, 0.29) is 6.04 Å². The van der Waals surface area contributed by atoms with Crippen molar-refractivity contribution < 1.29 is 9.53 Å². The maximum atomic E-state index is 12.2. The smallest absolute Gasteiger partial charge is 0.322 e. The molecule has 0 spiro atoms. The molecule has 0 saturated heterocycles. The van der Waals surface area contributed by atoms with Gasteiger partial charge in [0.2, 0.25) is 0 Å². The van der Waals surface area contributed by atoms with Crippen LogP contribution in [0.1, 0.15) is 24.2 Å². The van der Waals surface area contributed by atoms with Crippen LogP contribution in [0.3, 0.4) is 0 Å². The molecule has 1 aromatic carbocycles.